The summed E-state index contributed by atoms with van der Waals surface area (Å²) in [5.74, 6) is -1.19. The number of likely N-dealkylation sites (tertiary alicyclic amines) is 1. The van der Waals surface area contributed by atoms with Gasteiger partial charge in [0.15, 0.2) is 6.10 Å². The van der Waals surface area contributed by atoms with E-state index < -0.39 is 12.1 Å². The average Bonchev–Trinajstić information content (AvgIpc) is 2.57. The molecule has 2 rings (SSSR count). The van der Waals surface area contributed by atoms with Crippen LogP contribution in [0, 0.1) is 19.8 Å². The maximum absolute atomic E-state index is 12.3. The van der Waals surface area contributed by atoms with E-state index in [1.54, 1.807) is 11.8 Å². The largest absolute Gasteiger partial charge is 0.452 e. The molecule has 1 N–H and O–H groups in total. The van der Waals surface area contributed by atoms with E-state index in [1.807, 2.05) is 32.0 Å². The van der Waals surface area contributed by atoms with E-state index in [4.69, 9.17) is 4.74 Å². The molecular formula is C19H26N2O4. The molecule has 2 unspecified atom stereocenters. The number of aryl methyl sites for hydroxylation is 2. The van der Waals surface area contributed by atoms with E-state index >= 15 is 0 Å². The van der Waals surface area contributed by atoms with Crippen LogP contribution in [0.25, 0.3) is 0 Å². The molecule has 2 amide bonds. The number of hydrogen-bond donors (Lipinski definition) is 1. The van der Waals surface area contributed by atoms with Gasteiger partial charge < -0.3 is 15.0 Å². The molecule has 1 aromatic carbocycles. The summed E-state index contributed by atoms with van der Waals surface area (Å²) < 4.78 is 5.33. The number of nitrogens with one attached hydrogen (secondary N) is 1. The topological polar surface area (TPSA) is 75.7 Å². The molecule has 0 aliphatic carbocycles. The van der Waals surface area contributed by atoms with Crippen LogP contribution in [0.2, 0.25) is 0 Å². The van der Waals surface area contributed by atoms with Crippen LogP contribution >= 0.6 is 0 Å². The first-order valence-corrected chi connectivity index (χ1v) is 8.62. The molecule has 0 bridgehead atoms. The van der Waals surface area contributed by atoms with Crippen molar-refractivity contribution in [3.05, 3.63) is 29.3 Å². The summed E-state index contributed by atoms with van der Waals surface area (Å²) in [6.45, 7) is 7.98. The van der Waals surface area contributed by atoms with Gasteiger partial charge in [0.05, 0.1) is 5.92 Å². The van der Waals surface area contributed by atoms with E-state index in [0.717, 1.165) is 17.5 Å². The molecule has 1 aromatic rings. The standard InChI is InChI=1S/C19H26N2O4/c1-12-7-8-17(13(2)10-12)20-18(23)14(3)25-19(24)16-6-5-9-21(11-16)15(4)22/h7-8,10,14,16H,5-6,9,11H2,1-4H3,(H,20,23). The summed E-state index contributed by atoms with van der Waals surface area (Å²) in [5, 5.41) is 2.79. The Labute approximate surface area is 148 Å². The van der Waals surface area contributed by atoms with Gasteiger partial charge >= 0.3 is 5.97 Å². The highest BCUT2D eigenvalue weighted by Gasteiger charge is 2.30. The minimum absolute atomic E-state index is 0.0434. The third kappa shape index (κ3) is 5.05. The Morgan fingerprint density at radius 2 is 2.00 bits per heavy atom. The number of amides is 2. The van der Waals surface area contributed by atoms with Crippen LogP contribution in [0.5, 0.6) is 0 Å². The van der Waals surface area contributed by atoms with Gasteiger partial charge in [0, 0.05) is 25.7 Å². The van der Waals surface area contributed by atoms with E-state index in [2.05, 4.69) is 5.32 Å². The van der Waals surface area contributed by atoms with Gasteiger partial charge in [-0.3, -0.25) is 14.4 Å². The number of rotatable bonds is 4. The summed E-state index contributed by atoms with van der Waals surface area (Å²) in [4.78, 5) is 37.7. The van der Waals surface area contributed by atoms with Gasteiger partial charge in [-0.2, -0.15) is 0 Å². The third-order valence-electron chi connectivity index (χ3n) is 4.50. The van der Waals surface area contributed by atoms with Crippen LogP contribution in [-0.4, -0.2) is 41.9 Å². The van der Waals surface area contributed by atoms with Gasteiger partial charge in [-0.25, -0.2) is 0 Å². The van der Waals surface area contributed by atoms with Crippen molar-refractivity contribution in [3.8, 4) is 0 Å². The summed E-state index contributed by atoms with van der Waals surface area (Å²) in [6, 6.07) is 5.73. The predicted molar refractivity (Wildman–Crippen MR) is 95.1 cm³/mol. The molecule has 1 heterocycles. The van der Waals surface area contributed by atoms with Crippen LogP contribution in [0.3, 0.4) is 0 Å². The summed E-state index contributed by atoms with van der Waals surface area (Å²) >= 11 is 0. The normalized spacial score (nSPS) is 18.4. The number of carbonyl (C=O) groups excluding carboxylic acids is 3. The zero-order chi connectivity index (χ0) is 18.6. The quantitative estimate of drug-likeness (QED) is 0.850. The molecule has 6 nitrogen and oxygen atoms in total. The molecule has 2 atom stereocenters. The maximum Gasteiger partial charge on any atom is 0.311 e. The summed E-state index contributed by atoms with van der Waals surface area (Å²) in [5.41, 5.74) is 2.78. The first-order chi connectivity index (χ1) is 11.8. The third-order valence-corrected chi connectivity index (χ3v) is 4.50. The predicted octanol–water partition coefficient (Wildman–Crippen LogP) is 2.43. The molecule has 136 valence electrons. The second kappa shape index (κ2) is 8.14. The van der Waals surface area contributed by atoms with Crippen LogP contribution in [0.1, 0.15) is 37.8 Å². The highest BCUT2D eigenvalue weighted by Crippen LogP contribution is 2.20. The lowest BCUT2D eigenvalue weighted by atomic mass is 9.98. The Hall–Kier alpha value is -2.37. The minimum Gasteiger partial charge on any atom is -0.452 e. The smallest absolute Gasteiger partial charge is 0.311 e. The fourth-order valence-corrected chi connectivity index (χ4v) is 2.97. The molecule has 0 saturated carbocycles. The van der Waals surface area contributed by atoms with Gasteiger partial charge in [0.2, 0.25) is 5.91 Å². The second-order valence-electron chi connectivity index (χ2n) is 6.69. The van der Waals surface area contributed by atoms with Gasteiger partial charge in [-0.15, -0.1) is 0 Å². The summed E-state index contributed by atoms with van der Waals surface area (Å²) in [7, 11) is 0. The average molecular weight is 346 g/mol. The van der Waals surface area contributed by atoms with Crippen LogP contribution in [-0.2, 0) is 19.1 Å². The zero-order valence-electron chi connectivity index (χ0n) is 15.3. The van der Waals surface area contributed by atoms with E-state index in [-0.39, 0.29) is 17.7 Å². The Morgan fingerprint density at radius 1 is 1.28 bits per heavy atom. The SMILES string of the molecule is CC(=O)N1CCCC(C(=O)OC(C)C(=O)Nc2ccc(C)cc2C)C1. The van der Waals surface area contributed by atoms with Gasteiger partial charge in [-0.05, 0) is 45.2 Å². The Kier molecular flexibility index (Phi) is 6.17. The van der Waals surface area contributed by atoms with Gasteiger partial charge in [0.25, 0.3) is 5.91 Å². The van der Waals surface area contributed by atoms with Crippen molar-refractivity contribution in [2.45, 2.75) is 46.6 Å². The van der Waals surface area contributed by atoms with Gasteiger partial charge in [-0.1, -0.05) is 17.7 Å². The molecule has 0 aromatic heterocycles. The second-order valence-corrected chi connectivity index (χ2v) is 6.69. The highest BCUT2D eigenvalue weighted by molar-refractivity contribution is 5.95. The first kappa shape index (κ1) is 19.0. The van der Waals surface area contributed by atoms with E-state index in [1.165, 1.54) is 6.92 Å². The molecule has 25 heavy (non-hydrogen) atoms. The van der Waals surface area contributed by atoms with Gasteiger partial charge in [0.1, 0.15) is 0 Å². The number of esters is 1. The molecule has 1 saturated heterocycles. The number of hydrogen-bond acceptors (Lipinski definition) is 4. The number of benzene rings is 1. The fourth-order valence-electron chi connectivity index (χ4n) is 2.97. The van der Waals surface area contributed by atoms with Crippen molar-refractivity contribution >= 4 is 23.5 Å². The Morgan fingerprint density at radius 3 is 2.64 bits per heavy atom. The molecule has 1 fully saturated rings. The van der Waals surface area contributed by atoms with Crippen LogP contribution < -0.4 is 5.32 Å². The number of anilines is 1. The zero-order valence-corrected chi connectivity index (χ0v) is 15.3. The van der Waals surface area contributed by atoms with E-state index in [9.17, 15) is 14.4 Å². The van der Waals surface area contributed by atoms with Crippen molar-refractivity contribution in [3.63, 3.8) is 0 Å². The van der Waals surface area contributed by atoms with E-state index in [0.29, 0.717) is 25.2 Å². The maximum atomic E-state index is 12.3. The molecule has 0 spiro atoms. The van der Waals surface area contributed by atoms with Crippen molar-refractivity contribution in [2.24, 2.45) is 5.92 Å². The van der Waals surface area contributed by atoms with Crippen molar-refractivity contribution in [1.82, 2.24) is 4.90 Å². The monoisotopic (exact) mass is 346 g/mol. The van der Waals surface area contributed by atoms with Crippen molar-refractivity contribution in [2.75, 3.05) is 18.4 Å². The first-order valence-electron chi connectivity index (χ1n) is 8.62. The van der Waals surface area contributed by atoms with Crippen molar-refractivity contribution < 1.29 is 19.1 Å². The Bertz CT molecular complexity index is 671. The molecular weight excluding hydrogens is 320 g/mol. The number of ether oxygens (including phenoxy) is 1. The highest BCUT2D eigenvalue weighted by atomic mass is 16.5. The molecule has 6 heteroatoms. The molecule has 0 radical (unpaired) electrons. The Balaban J connectivity index is 1.91. The number of carbonyl (C=O) groups is 3. The van der Waals surface area contributed by atoms with Crippen LogP contribution in [0.4, 0.5) is 5.69 Å². The van der Waals surface area contributed by atoms with Crippen LogP contribution in [0.15, 0.2) is 18.2 Å². The minimum atomic E-state index is -0.888. The lowest BCUT2D eigenvalue weighted by Crippen LogP contribution is -2.43. The molecule has 1 aliphatic rings. The molecule has 1 aliphatic heterocycles. The van der Waals surface area contributed by atoms with Crippen molar-refractivity contribution in [1.29, 1.82) is 0 Å². The lowest BCUT2D eigenvalue weighted by molar-refractivity contribution is -0.159. The lowest BCUT2D eigenvalue weighted by Gasteiger charge is -2.31. The fraction of sp³-hybridized carbons (Fsp3) is 0.526. The number of nitrogens with zero attached hydrogens (tertiary/aromatic N) is 1. The summed E-state index contributed by atoms with van der Waals surface area (Å²) in [6.07, 6.45) is 0.553. The number of piperidine rings is 1.